The van der Waals surface area contributed by atoms with Crippen LogP contribution < -0.4 is 0 Å². The molecule has 0 radical (unpaired) electrons. The lowest BCUT2D eigenvalue weighted by Crippen LogP contribution is -2.26. The van der Waals surface area contributed by atoms with Gasteiger partial charge in [0.05, 0.1) is 17.2 Å². The lowest BCUT2D eigenvalue weighted by atomic mass is 10.5. The highest BCUT2D eigenvalue weighted by Gasteiger charge is 2.21. The largest absolute Gasteiger partial charge is 0.245 e. The number of pyridine rings is 1. The highest BCUT2D eigenvalue weighted by Crippen LogP contribution is 2.18. The van der Waals surface area contributed by atoms with Crippen molar-refractivity contribution in [1.82, 2.24) is 14.3 Å². The fourth-order valence-corrected chi connectivity index (χ4v) is 3.29. The van der Waals surface area contributed by atoms with Crippen molar-refractivity contribution < 1.29 is 8.42 Å². The maximum absolute atomic E-state index is 12.3. The Balaban J connectivity index is 2.21. The molecular weight excluding hydrogens is 306 g/mol. The molecule has 2 aromatic heterocycles. The number of hydrogen-bond acceptors (Lipinski definition) is 5. The standard InChI is InChI=1S/C11H12ClN3O2S2/c1-8-14-9(7-18-8)6-15(2)19(16,17)10-3-4-11(12)13-5-10/h3-5,7H,6H2,1-2H3. The second kappa shape index (κ2) is 5.54. The Labute approximate surface area is 120 Å². The van der Waals surface area contributed by atoms with Crippen molar-refractivity contribution in [3.05, 3.63) is 39.6 Å². The van der Waals surface area contributed by atoms with Crippen LogP contribution in [0.2, 0.25) is 5.15 Å². The molecule has 0 fully saturated rings. The second-order valence-electron chi connectivity index (χ2n) is 3.94. The molecule has 5 nitrogen and oxygen atoms in total. The molecule has 19 heavy (non-hydrogen) atoms. The summed E-state index contributed by atoms with van der Waals surface area (Å²) in [6, 6.07) is 2.89. The summed E-state index contributed by atoms with van der Waals surface area (Å²) in [5.74, 6) is 0. The molecule has 0 aliphatic carbocycles. The lowest BCUT2D eigenvalue weighted by Gasteiger charge is -2.15. The first kappa shape index (κ1) is 14.4. The van der Waals surface area contributed by atoms with E-state index in [2.05, 4.69) is 9.97 Å². The smallest absolute Gasteiger partial charge is 0.244 e. The second-order valence-corrected chi connectivity index (χ2v) is 7.43. The summed E-state index contributed by atoms with van der Waals surface area (Å²) in [5.41, 5.74) is 0.732. The fraction of sp³-hybridized carbons (Fsp3) is 0.273. The van der Waals surface area contributed by atoms with E-state index in [-0.39, 0.29) is 16.6 Å². The van der Waals surface area contributed by atoms with Crippen LogP contribution in [0.5, 0.6) is 0 Å². The van der Waals surface area contributed by atoms with Gasteiger partial charge in [0.1, 0.15) is 10.0 Å². The fourth-order valence-electron chi connectivity index (χ4n) is 1.49. The molecule has 2 rings (SSSR count). The Morgan fingerprint density at radius 2 is 2.16 bits per heavy atom. The molecule has 0 unspecified atom stereocenters. The van der Waals surface area contributed by atoms with Crippen LogP contribution in [0.3, 0.4) is 0 Å². The zero-order valence-corrected chi connectivity index (χ0v) is 12.8. The zero-order valence-electron chi connectivity index (χ0n) is 10.4. The highest BCUT2D eigenvalue weighted by atomic mass is 35.5. The molecule has 8 heteroatoms. The van der Waals surface area contributed by atoms with Crippen LogP contribution >= 0.6 is 22.9 Å². The van der Waals surface area contributed by atoms with Crippen LogP contribution in [-0.4, -0.2) is 29.7 Å². The van der Waals surface area contributed by atoms with E-state index in [0.717, 1.165) is 10.7 Å². The van der Waals surface area contributed by atoms with Crippen molar-refractivity contribution in [2.75, 3.05) is 7.05 Å². The molecule has 0 aliphatic heterocycles. The third kappa shape index (κ3) is 3.30. The monoisotopic (exact) mass is 317 g/mol. The summed E-state index contributed by atoms with van der Waals surface area (Å²) in [6.07, 6.45) is 1.25. The molecule has 0 aliphatic rings. The van der Waals surface area contributed by atoms with Gasteiger partial charge in [-0.3, -0.25) is 0 Å². The van der Waals surface area contributed by atoms with E-state index in [9.17, 15) is 8.42 Å². The van der Waals surface area contributed by atoms with Crippen molar-refractivity contribution in [2.24, 2.45) is 0 Å². The van der Waals surface area contributed by atoms with Gasteiger partial charge in [0.25, 0.3) is 0 Å². The van der Waals surface area contributed by atoms with E-state index in [4.69, 9.17) is 11.6 Å². The van der Waals surface area contributed by atoms with Crippen LogP contribution in [0.25, 0.3) is 0 Å². The third-order valence-corrected chi connectivity index (χ3v) is 5.29. The quantitative estimate of drug-likeness (QED) is 0.812. The SMILES string of the molecule is Cc1nc(CN(C)S(=O)(=O)c2ccc(Cl)nc2)cs1. The summed E-state index contributed by atoms with van der Waals surface area (Å²) in [4.78, 5) is 8.15. The number of nitrogens with zero attached hydrogens (tertiary/aromatic N) is 3. The summed E-state index contributed by atoms with van der Waals surface area (Å²) in [7, 11) is -2.06. The van der Waals surface area contributed by atoms with Gasteiger partial charge in [0, 0.05) is 18.6 Å². The Kier molecular flexibility index (Phi) is 4.19. The Bertz CT molecular complexity index is 668. The number of rotatable bonds is 4. The van der Waals surface area contributed by atoms with E-state index in [1.165, 1.54) is 41.0 Å². The third-order valence-electron chi connectivity index (χ3n) is 2.46. The van der Waals surface area contributed by atoms with Crippen LogP contribution in [0.15, 0.2) is 28.6 Å². The normalized spacial score (nSPS) is 12.0. The number of aromatic nitrogens is 2. The van der Waals surface area contributed by atoms with Crippen molar-refractivity contribution >= 4 is 33.0 Å². The molecule has 0 saturated carbocycles. The van der Waals surface area contributed by atoms with Crippen molar-refractivity contribution in [2.45, 2.75) is 18.4 Å². The van der Waals surface area contributed by atoms with E-state index in [1.807, 2.05) is 12.3 Å². The van der Waals surface area contributed by atoms with E-state index in [1.54, 1.807) is 0 Å². The van der Waals surface area contributed by atoms with Crippen LogP contribution in [-0.2, 0) is 16.6 Å². The molecule has 102 valence electrons. The van der Waals surface area contributed by atoms with Crippen LogP contribution in [0, 0.1) is 6.92 Å². The maximum Gasteiger partial charge on any atom is 0.244 e. The average molecular weight is 318 g/mol. The van der Waals surface area contributed by atoms with Gasteiger partial charge in [0.2, 0.25) is 10.0 Å². The number of aryl methyl sites for hydroxylation is 1. The maximum atomic E-state index is 12.3. The van der Waals surface area contributed by atoms with Gasteiger partial charge < -0.3 is 0 Å². The molecule has 0 bridgehead atoms. The van der Waals surface area contributed by atoms with Gasteiger partial charge in [0.15, 0.2) is 0 Å². The Hall–Kier alpha value is -1.02. The van der Waals surface area contributed by atoms with Crippen LogP contribution in [0.4, 0.5) is 0 Å². The molecule has 2 heterocycles. The minimum absolute atomic E-state index is 0.117. The molecule has 2 aromatic rings. The first-order valence-electron chi connectivity index (χ1n) is 5.38. The van der Waals surface area contributed by atoms with Gasteiger partial charge in [-0.15, -0.1) is 11.3 Å². The molecular formula is C11H12ClN3O2S2. The van der Waals surface area contributed by atoms with Gasteiger partial charge in [-0.05, 0) is 19.1 Å². The van der Waals surface area contributed by atoms with Gasteiger partial charge in [-0.1, -0.05) is 11.6 Å². The summed E-state index contributed by atoms with van der Waals surface area (Å²) in [5, 5.41) is 3.02. The first-order valence-corrected chi connectivity index (χ1v) is 8.08. The minimum Gasteiger partial charge on any atom is -0.245 e. The van der Waals surface area contributed by atoms with Crippen molar-refractivity contribution in [3.63, 3.8) is 0 Å². The predicted octanol–water partition coefficient (Wildman–Crippen LogP) is 2.32. The molecule has 0 atom stereocenters. The van der Waals surface area contributed by atoms with Gasteiger partial charge >= 0.3 is 0 Å². The average Bonchev–Trinajstić information content (AvgIpc) is 2.75. The first-order chi connectivity index (χ1) is 8.89. The topological polar surface area (TPSA) is 63.2 Å². The molecule has 0 N–H and O–H groups in total. The summed E-state index contributed by atoms with van der Waals surface area (Å²) in [6.45, 7) is 2.11. The minimum atomic E-state index is -3.57. The molecule has 0 saturated heterocycles. The van der Waals surface area contributed by atoms with Gasteiger partial charge in [-0.2, -0.15) is 4.31 Å². The Morgan fingerprint density at radius 3 is 2.68 bits per heavy atom. The van der Waals surface area contributed by atoms with Crippen LogP contribution in [0.1, 0.15) is 10.7 Å². The Morgan fingerprint density at radius 1 is 1.42 bits per heavy atom. The van der Waals surface area contributed by atoms with E-state index < -0.39 is 10.0 Å². The number of thiazole rings is 1. The molecule has 0 amide bonds. The van der Waals surface area contributed by atoms with E-state index >= 15 is 0 Å². The van der Waals surface area contributed by atoms with Crippen molar-refractivity contribution in [1.29, 1.82) is 0 Å². The van der Waals surface area contributed by atoms with E-state index in [0.29, 0.717) is 0 Å². The summed E-state index contributed by atoms with van der Waals surface area (Å²) < 4.78 is 25.8. The predicted molar refractivity (Wildman–Crippen MR) is 74.8 cm³/mol. The zero-order chi connectivity index (χ0) is 14.0. The molecule has 0 aromatic carbocycles. The molecule has 0 spiro atoms. The summed E-state index contributed by atoms with van der Waals surface area (Å²) >= 11 is 7.14. The number of sulfonamides is 1. The van der Waals surface area contributed by atoms with Crippen molar-refractivity contribution in [3.8, 4) is 0 Å². The number of halogens is 1. The highest BCUT2D eigenvalue weighted by molar-refractivity contribution is 7.89. The number of hydrogen-bond donors (Lipinski definition) is 0. The lowest BCUT2D eigenvalue weighted by molar-refractivity contribution is 0.462. The van der Waals surface area contributed by atoms with Gasteiger partial charge in [-0.25, -0.2) is 18.4 Å².